The topological polar surface area (TPSA) is 52.9 Å². The normalized spacial score (nSPS) is 23.5. The van der Waals surface area contributed by atoms with Gasteiger partial charge in [0.05, 0.1) is 6.54 Å². The lowest BCUT2D eigenvalue weighted by atomic mass is 9.90. The molecule has 0 radical (unpaired) electrons. The Morgan fingerprint density at radius 2 is 2.20 bits per heavy atom. The predicted octanol–water partition coefficient (Wildman–Crippen LogP) is 1.69. The third kappa shape index (κ3) is 2.61. The fraction of sp³-hybridized carbons (Fsp3) is 0.500. The molecule has 0 saturated heterocycles. The van der Waals surface area contributed by atoms with Gasteiger partial charge in [0.25, 0.3) is 5.91 Å². The molecule has 1 aliphatic carbocycles. The summed E-state index contributed by atoms with van der Waals surface area (Å²) < 4.78 is 0. The largest absolute Gasteiger partial charge is 0.381 e. The molecule has 4 nitrogen and oxygen atoms in total. The maximum Gasteiger partial charge on any atom is 0.278 e. The number of carbonyl (C=O) groups is 1. The van der Waals surface area contributed by atoms with Gasteiger partial charge in [0.2, 0.25) is 0 Å². The average molecular weight is 272 g/mol. The lowest BCUT2D eigenvalue weighted by Crippen LogP contribution is -2.53. The molecule has 0 bridgehead atoms. The number of benzene rings is 1. The van der Waals surface area contributed by atoms with E-state index in [0.717, 1.165) is 24.2 Å². The lowest BCUT2D eigenvalue weighted by molar-refractivity contribution is -0.127. The summed E-state index contributed by atoms with van der Waals surface area (Å²) in [5.41, 5.74) is 2.37. The second kappa shape index (κ2) is 5.37. The van der Waals surface area contributed by atoms with Crippen molar-refractivity contribution >= 4 is 11.7 Å². The van der Waals surface area contributed by atoms with Crippen LogP contribution in [0, 0.1) is 6.92 Å². The second-order valence-electron chi connectivity index (χ2n) is 5.78. The number of nitrogens with zero attached hydrogens (tertiary/aromatic N) is 2. The molecule has 1 atom stereocenters. The van der Waals surface area contributed by atoms with E-state index in [0.29, 0.717) is 19.0 Å². The first-order valence-electron chi connectivity index (χ1n) is 7.25. The van der Waals surface area contributed by atoms with Gasteiger partial charge in [-0.1, -0.05) is 29.8 Å². The molecule has 0 aromatic heterocycles. The van der Waals surface area contributed by atoms with Crippen molar-refractivity contribution in [1.29, 1.82) is 0 Å². The Bertz CT molecular complexity index is 549. The van der Waals surface area contributed by atoms with E-state index in [1.165, 1.54) is 12.0 Å². The number of aryl methyl sites for hydroxylation is 1. The zero-order valence-electron chi connectivity index (χ0n) is 11.7. The molecule has 1 N–H and O–H groups in total. The Morgan fingerprint density at radius 3 is 2.85 bits per heavy atom. The zero-order chi connectivity index (χ0) is 14.1. The fourth-order valence-corrected chi connectivity index (χ4v) is 2.84. The van der Waals surface area contributed by atoms with E-state index in [4.69, 9.17) is 0 Å². The van der Waals surface area contributed by atoms with Gasteiger partial charge in [-0.25, -0.2) is 0 Å². The fourth-order valence-electron chi connectivity index (χ4n) is 2.84. The van der Waals surface area contributed by atoms with Crippen LogP contribution in [0.15, 0.2) is 29.3 Å². The highest BCUT2D eigenvalue weighted by Crippen LogP contribution is 2.27. The van der Waals surface area contributed by atoms with Gasteiger partial charge >= 0.3 is 0 Å². The van der Waals surface area contributed by atoms with Gasteiger partial charge in [0.15, 0.2) is 6.10 Å². The highest BCUT2D eigenvalue weighted by Gasteiger charge is 2.34. The van der Waals surface area contributed by atoms with Crippen molar-refractivity contribution < 1.29 is 9.90 Å². The van der Waals surface area contributed by atoms with Crippen LogP contribution < -0.4 is 0 Å². The average Bonchev–Trinajstić information content (AvgIpc) is 2.33. The van der Waals surface area contributed by atoms with E-state index >= 15 is 0 Å². The molecular weight excluding hydrogens is 252 g/mol. The monoisotopic (exact) mass is 272 g/mol. The Balaban J connectivity index is 1.83. The Labute approximate surface area is 119 Å². The molecule has 1 fully saturated rings. The molecule has 1 unspecified atom stereocenters. The minimum atomic E-state index is -0.961. The standard InChI is InChI=1S/C16H20N2O2/c1-11-4-2-5-12(8-11)9-15-17-16(20)14(19)10-18(15)13-6-3-7-13/h2,4-5,8,13-14,19H,3,6-7,9-10H2,1H3. The van der Waals surface area contributed by atoms with Crippen LogP contribution in [0.5, 0.6) is 0 Å². The third-order valence-electron chi connectivity index (χ3n) is 4.19. The molecule has 0 spiro atoms. The number of carbonyl (C=O) groups excluding carboxylic acids is 1. The van der Waals surface area contributed by atoms with Gasteiger partial charge in [-0.2, -0.15) is 4.99 Å². The van der Waals surface area contributed by atoms with Crippen LogP contribution in [-0.2, 0) is 11.2 Å². The summed E-state index contributed by atoms with van der Waals surface area (Å²) in [5, 5.41) is 9.75. The molecule has 20 heavy (non-hydrogen) atoms. The van der Waals surface area contributed by atoms with E-state index in [1.54, 1.807) is 0 Å². The minimum Gasteiger partial charge on any atom is -0.381 e. The molecule has 1 amide bonds. The summed E-state index contributed by atoms with van der Waals surface area (Å²) in [5.74, 6) is 0.416. The van der Waals surface area contributed by atoms with Gasteiger partial charge in [0.1, 0.15) is 5.84 Å². The number of hydrogen-bond donors (Lipinski definition) is 1. The lowest BCUT2D eigenvalue weighted by Gasteiger charge is -2.42. The van der Waals surface area contributed by atoms with Crippen molar-refractivity contribution in [3.05, 3.63) is 35.4 Å². The Kier molecular flexibility index (Phi) is 3.57. The van der Waals surface area contributed by atoms with E-state index in [9.17, 15) is 9.90 Å². The van der Waals surface area contributed by atoms with Crippen molar-refractivity contribution in [2.24, 2.45) is 4.99 Å². The maximum atomic E-state index is 11.7. The number of aliphatic imine (C=N–C) groups is 1. The molecule has 1 aliphatic heterocycles. The third-order valence-corrected chi connectivity index (χ3v) is 4.19. The van der Waals surface area contributed by atoms with Crippen molar-refractivity contribution in [3.63, 3.8) is 0 Å². The van der Waals surface area contributed by atoms with Crippen LogP contribution in [0.2, 0.25) is 0 Å². The van der Waals surface area contributed by atoms with Crippen molar-refractivity contribution in [2.75, 3.05) is 6.54 Å². The number of amides is 1. The SMILES string of the molecule is Cc1cccc(CC2=NC(=O)C(O)CN2C2CCC2)c1. The van der Waals surface area contributed by atoms with Crippen molar-refractivity contribution in [3.8, 4) is 0 Å². The summed E-state index contributed by atoms with van der Waals surface area (Å²) >= 11 is 0. The Hall–Kier alpha value is -1.68. The first-order chi connectivity index (χ1) is 9.63. The van der Waals surface area contributed by atoms with Crippen LogP contribution in [0.3, 0.4) is 0 Å². The molecule has 1 saturated carbocycles. The first kappa shape index (κ1) is 13.3. The van der Waals surface area contributed by atoms with Crippen LogP contribution in [0.25, 0.3) is 0 Å². The van der Waals surface area contributed by atoms with Gasteiger partial charge in [-0.3, -0.25) is 4.79 Å². The quantitative estimate of drug-likeness (QED) is 0.911. The number of rotatable bonds is 3. The second-order valence-corrected chi connectivity index (χ2v) is 5.78. The number of β-amino-alcohol motifs (C(OH)–C–C–N with tert-alkyl or cyclic N) is 1. The molecule has 2 aliphatic rings. The number of aliphatic hydroxyl groups is 1. The Morgan fingerprint density at radius 1 is 1.40 bits per heavy atom. The molecule has 106 valence electrons. The summed E-state index contributed by atoms with van der Waals surface area (Å²) in [6, 6.07) is 8.71. The molecule has 1 aromatic rings. The predicted molar refractivity (Wildman–Crippen MR) is 77.7 cm³/mol. The number of hydrogen-bond acceptors (Lipinski definition) is 3. The van der Waals surface area contributed by atoms with Gasteiger partial charge in [0, 0.05) is 12.5 Å². The number of aliphatic hydroxyl groups excluding tert-OH is 1. The molecule has 1 heterocycles. The van der Waals surface area contributed by atoms with Crippen LogP contribution in [-0.4, -0.2) is 40.4 Å². The van der Waals surface area contributed by atoms with Crippen LogP contribution >= 0.6 is 0 Å². The first-order valence-corrected chi connectivity index (χ1v) is 7.25. The zero-order valence-corrected chi connectivity index (χ0v) is 11.7. The summed E-state index contributed by atoms with van der Waals surface area (Å²) in [6.07, 6.45) is 3.19. The maximum absolute atomic E-state index is 11.7. The molecule has 3 rings (SSSR count). The van der Waals surface area contributed by atoms with E-state index in [2.05, 4.69) is 35.0 Å². The molecular formula is C16H20N2O2. The van der Waals surface area contributed by atoms with Gasteiger partial charge in [-0.15, -0.1) is 0 Å². The number of amidine groups is 1. The van der Waals surface area contributed by atoms with Crippen molar-refractivity contribution in [1.82, 2.24) is 4.90 Å². The summed E-state index contributed by atoms with van der Waals surface area (Å²) in [4.78, 5) is 17.9. The minimum absolute atomic E-state index is 0.397. The highest BCUT2D eigenvalue weighted by atomic mass is 16.3. The van der Waals surface area contributed by atoms with E-state index in [1.807, 2.05) is 6.07 Å². The summed E-state index contributed by atoms with van der Waals surface area (Å²) in [7, 11) is 0. The summed E-state index contributed by atoms with van der Waals surface area (Å²) in [6.45, 7) is 2.46. The van der Waals surface area contributed by atoms with E-state index in [-0.39, 0.29) is 0 Å². The molecule has 1 aromatic carbocycles. The van der Waals surface area contributed by atoms with Crippen molar-refractivity contribution in [2.45, 2.75) is 44.8 Å². The van der Waals surface area contributed by atoms with E-state index < -0.39 is 12.0 Å². The van der Waals surface area contributed by atoms with Gasteiger partial charge in [-0.05, 0) is 31.7 Å². The van der Waals surface area contributed by atoms with Crippen LogP contribution in [0.4, 0.5) is 0 Å². The van der Waals surface area contributed by atoms with Gasteiger partial charge < -0.3 is 10.0 Å². The van der Waals surface area contributed by atoms with Crippen LogP contribution in [0.1, 0.15) is 30.4 Å². The highest BCUT2D eigenvalue weighted by molar-refractivity contribution is 5.99. The molecule has 4 heteroatoms. The smallest absolute Gasteiger partial charge is 0.278 e.